The summed E-state index contributed by atoms with van der Waals surface area (Å²) in [6.45, 7) is 4.60. The number of hydrogen-bond acceptors (Lipinski definition) is 4. The molecule has 4 rings (SSSR count). The number of rotatable bonds is 8. The highest BCUT2D eigenvalue weighted by Gasteiger charge is 2.25. The van der Waals surface area contributed by atoms with Gasteiger partial charge in [0.2, 0.25) is 5.89 Å². The third-order valence-electron chi connectivity index (χ3n) is 5.84. The highest BCUT2D eigenvalue weighted by molar-refractivity contribution is 5.68. The number of carboxylic acid groups (broad SMARTS) is 1. The molecule has 5 heteroatoms. The topological polar surface area (TPSA) is 72.6 Å². The van der Waals surface area contributed by atoms with Gasteiger partial charge in [-0.3, -0.25) is 4.79 Å². The van der Waals surface area contributed by atoms with Gasteiger partial charge < -0.3 is 14.3 Å². The first-order chi connectivity index (χ1) is 14.5. The zero-order chi connectivity index (χ0) is 21.1. The molecule has 0 unspecified atom stereocenters. The minimum Gasteiger partial charge on any atom is -0.493 e. The minimum absolute atomic E-state index is 0.119. The van der Waals surface area contributed by atoms with Crippen molar-refractivity contribution >= 4 is 5.97 Å². The van der Waals surface area contributed by atoms with Crippen molar-refractivity contribution in [1.29, 1.82) is 0 Å². The predicted octanol–water partition coefficient (Wildman–Crippen LogP) is 5.34. The molecule has 1 aliphatic carbocycles. The van der Waals surface area contributed by atoms with Crippen LogP contribution in [0.1, 0.15) is 53.8 Å². The molecule has 1 heterocycles. The van der Waals surface area contributed by atoms with Crippen LogP contribution in [-0.4, -0.2) is 22.7 Å². The van der Waals surface area contributed by atoms with Crippen LogP contribution in [0.4, 0.5) is 0 Å². The van der Waals surface area contributed by atoms with Gasteiger partial charge in [-0.1, -0.05) is 25.1 Å². The van der Waals surface area contributed by atoms with E-state index in [1.54, 1.807) is 0 Å². The second-order valence-electron chi connectivity index (χ2n) is 7.87. The summed E-state index contributed by atoms with van der Waals surface area (Å²) in [5, 5.41) is 9.06. The van der Waals surface area contributed by atoms with Gasteiger partial charge in [0, 0.05) is 12.0 Å². The van der Waals surface area contributed by atoms with Crippen LogP contribution in [0.5, 0.6) is 5.75 Å². The summed E-state index contributed by atoms with van der Waals surface area (Å²) in [5.74, 6) is 1.68. The number of benzene rings is 2. The van der Waals surface area contributed by atoms with E-state index in [0.29, 0.717) is 18.9 Å². The van der Waals surface area contributed by atoms with Gasteiger partial charge in [-0.25, -0.2) is 4.98 Å². The Balaban J connectivity index is 1.37. The lowest BCUT2D eigenvalue weighted by Crippen LogP contribution is -2.04. The lowest BCUT2D eigenvalue weighted by molar-refractivity contribution is -0.137. The van der Waals surface area contributed by atoms with E-state index >= 15 is 0 Å². The highest BCUT2D eigenvalue weighted by Crippen LogP contribution is 2.37. The van der Waals surface area contributed by atoms with Crippen molar-refractivity contribution < 1.29 is 19.1 Å². The Morgan fingerprint density at radius 1 is 1.23 bits per heavy atom. The molecule has 0 aliphatic heterocycles. The smallest absolute Gasteiger partial charge is 0.303 e. The normalized spacial score (nSPS) is 15.2. The molecule has 1 aromatic heterocycles. The van der Waals surface area contributed by atoms with Gasteiger partial charge >= 0.3 is 5.97 Å². The monoisotopic (exact) mass is 405 g/mol. The lowest BCUT2D eigenvalue weighted by atomic mass is 9.98. The lowest BCUT2D eigenvalue weighted by Gasteiger charge is -2.10. The molecular formula is C25H27NO4. The van der Waals surface area contributed by atoms with Crippen LogP contribution in [0.2, 0.25) is 0 Å². The molecule has 0 amide bonds. The number of carbonyl (C=O) groups is 1. The van der Waals surface area contributed by atoms with E-state index in [2.05, 4.69) is 24.0 Å². The summed E-state index contributed by atoms with van der Waals surface area (Å²) in [6, 6.07) is 14.3. The van der Waals surface area contributed by atoms with Gasteiger partial charge in [-0.15, -0.1) is 0 Å². The van der Waals surface area contributed by atoms with E-state index < -0.39 is 5.97 Å². The third-order valence-corrected chi connectivity index (χ3v) is 5.84. The SMILES string of the molecule is CCc1ccc(-c2nc(C)c(CCOc3ccc4c(c3)CC[C@H]4CC(=O)O)o2)cc1. The number of fused-ring (bicyclic) bond motifs is 1. The molecule has 1 N–H and O–H groups in total. The van der Waals surface area contributed by atoms with Crippen LogP contribution in [0.25, 0.3) is 11.5 Å². The molecule has 0 saturated heterocycles. The second-order valence-corrected chi connectivity index (χ2v) is 7.87. The van der Waals surface area contributed by atoms with Crippen LogP contribution in [0.15, 0.2) is 46.9 Å². The molecule has 2 aromatic carbocycles. The van der Waals surface area contributed by atoms with E-state index in [0.717, 1.165) is 47.6 Å². The number of carboxylic acids is 1. The standard InChI is InChI=1S/C25H27NO4/c1-3-17-4-6-18(7-5-17)25-26-16(2)23(30-25)12-13-29-21-10-11-22-19(14-21)8-9-20(22)15-24(27)28/h4-7,10-11,14,20H,3,8-9,12-13,15H2,1-2H3,(H,27,28)/t20-/m0/s1. The largest absolute Gasteiger partial charge is 0.493 e. The summed E-state index contributed by atoms with van der Waals surface area (Å²) in [7, 11) is 0. The Morgan fingerprint density at radius 3 is 2.77 bits per heavy atom. The minimum atomic E-state index is -0.740. The van der Waals surface area contributed by atoms with Gasteiger partial charge in [-0.2, -0.15) is 0 Å². The molecule has 30 heavy (non-hydrogen) atoms. The fourth-order valence-corrected chi connectivity index (χ4v) is 4.12. The van der Waals surface area contributed by atoms with Crippen molar-refractivity contribution in [2.75, 3.05) is 6.61 Å². The molecule has 1 aliphatic rings. The summed E-state index contributed by atoms with van der Waals surface area (Å²) in [5.41, 5.74) is 5.51. The average molecular weight is 405 g/mol. The van der Waals surface area contributed by atoms with E-state index in [9.17, 15) is 4.79 Å². The van der Waals surface area contributed by atoms with Crippen LogP contribution >= 0.6 is 0 Å². The summed E-state index contributed by atoms with van der Waals surface area (Å²) < 4.78 is 11.9. The maximum absolute atomic E-state index is 11.0. The van der Waals surface area contributed by atoms with Crippen molar-refractivity contribution in [3.63, 3.8) is 0 Å². The molecule has 0 saturated carbocycles. The number of aryl methyl sites for hydroxylation is 3. The number of ether oxygens (including phenoxy) is 1. The fourth-order valence-electron chi connectivity index (χ4n) is 4.12. The summed E-state index contributed by atoms with van der Waals surface area (Å²) in [6.07, 6.45) is 3.65. The molecule has 1 atom stereocenters. The molecule has 0 fully saturated rings. The summed E-state index contributed by atoms with van der Waals surface area (Å²) in [4.78, 5) is 15.6. The maximum atomic E-state index is 11.0. The number of aromatic nitrogens is 1. The van der Waals surface area contributed by atoms with Crippen molar-refractivity contribution in [3.8, 4) is 17.2 Å². The first-order valence-electron chi connectivity index (χ1n) is 10.6. The fraction of sp³-hybridized carbons (Fsp3) is 0.360. The molecule has 3 aromatic rings. The molecular weight excluding hydrogens is 378 g/mol. The Bertz CT molecular complexity index is 1040. The van der Waals surface area contributed by atoms with Crippen molar-refractivity contribution in [2.45, 2.75) is 51.9 Å². The molecule has 5 nitrogen and oxygen atoms in total. The summed E-state index contributed by atoms with van der Waals surface area (Å²) >= 11 is 0. The van der Waals surface area contributed by atoms with Gasteiger partial charge in [0.25, 0.3) is 0 Å². The number of nitrogens with zero attached hydrogens (tertiary/aromatic N) is 1. The molecule has 0 spiro atoms. The van der Waals surface area contributed by atoms with Crippen LogP contribution in [0, 0.1) is 6.92 Å². The Labute approximate surface area is 176 Å². The maximum Gasteiger partial charge on any atom is 0.303 e. The van der Waals surface area contributed by atoms with Gasteiger partial charge in [-0.05, 0) is 73.1 Å². The van der Waals surface area contributed by atoms with Crippen molar-refractivity contribution in [3.05, 3.63) is 70.6 Å². The number of hydrogen-bond donors (Lipinski definition) is 1. The van der Waals surface area contributed by atoms with E-state index in [-0.39, 0.29) is 12.3 Å². The van der Waals surface area contributed by atoms with Crippen molar-refractivity contribution in [1.82, 2.24) is 4.98 Å². The first-order valence-corrected chi connectivity index (χ1v) is 10.6. The Morgan fingerprint density at radius 2 is 2.03 bits per heavy atom. The number of oxazole rings is 1. The Kier molecular flexibility index (Phi) is 5.88. The van der Waals surface area contributed by atoms with Gasteiger partial charge in [0.15, 0.2) is 0 Å². The van der Waals surface area contributed by atoms with Gasteiger partial charge in [0.05, 0.1) is 18.7 Å². The third kappa shape index (κ3) is 4.40. The quantitative estimate of drug-likeness (QED) is 0.548. The molecule has 156 valence electrons. The van der Waals surface area contributed by atoms with Crippen LogP contribution < -0.4 is 4.74 Å². The van der Waals surface area contributed by atoms with Crippen LogP contribution in [0.3, 0.4) is 0 Å². The molecule has 0 bridgehead atoms. The predicted molar refractivity (Wildman–Crippen MR) is 115 cm³/mol. The van der Waals surface area contributed by atoms with Crippen LogP contribution in [-0.2, 0) is 24.1 Å². The zero-order valence-corrected chi connectivity index (χ0v) is 17.5. The highest BCUT2D eigenvalue weighted by atomic mass is 16.5. The first kappa shape index (κ1) is 20.2. The van der Waals surface area contributed by atoms with E-state index in [4.69, 9.17) is 14.3 Å². The van der Waals surface area contributed by atoms with E-state index in [1.165, 1.54) is 11.1 Å². The molecule has 0 radical (unpaired) electrons. The zero-order valence-electron chi connectivity index (χ0n) is 17.5. The Hall–Kier alpha value is -3.08. The van der Waals surface area contributed by atoms with Crippen molar-refractivity contribution in [2.24, 2.45) is 0 Å². The number of aliphatic carboxylic acids is 1. The average Bonchev–Trinajstić information content (AvgIpc) is 3.31. The second kappa shape index (κ2) is 8.74. The van der Waals surface area contributed by atoms with E-state index in [1.807, 2.05) is 37.3 Å². The van der Waals surface area contributed by atoms with Gasteiger partial charge in [0.1, 0.15) is 11.5 Å².